The highest BCUT2D eigenvalue weighted by Crippen LogP contribution is 2.31. The molecule has 246 valence electrons. The standard InChI is InChI=1S/C30H42BF3N6O5/c1-29(2)24-9-8-22(13-25(24)31(43)45-29)39-28(42)26(11-18-3-5-19(6-4-18)30(32,33)34)38-17-44-16-20(36)7-10-27(41)40-15-21(37)12-23(40)14-35/h3-6,8-9,13,20-21,23,26,38,43H,7,10-12,14-17,35-37H2,1-2H3,(H,39,42)/t20-,21-,23-,26+/m0/s1. The van der Waals surface area contributed by atoms with Crippen molar-refractivity contribution >= 4 is 30.1 Å². The first-order valence-corrected chi connectivity index (χ1v) is 15.0. The Bertz CT molecular complexity index is 1330. The van der Waals surface area contributed by atoms with Crippen LogP contribution in [0.4, 0.5) is 18.9 Å². The number of fused-ring (bicyclic) bond motifs is 1. The number of likely N-dealkylation sites (tertiary alicyclic amines) is 1. The highest BCUT2D eigenvalue weighted by molar-refractivity contribution is 6.62. The Kier molecular flexibility index (Phi) is 11.3. The molecule has 2 aromatic carbocycles. The molecule has 4 rings (SSSR count). The van der Waals surface area contributed by atoms with E-state index in [0.29, 0.717) is 42.6 Å². The van der Waals surface area contributed by atoms with E-state index in [4.69, 9.17) is 26.6 Å². The van der Waals surface area contributed by atoms with Gasteiger partial charge in [-0.05, 0) is 74.0 Å². The highest BCUT2D eigenvalue weighted by Gasteiger charge is 2.40. The zero-order valence-corrected chi connectivity index (χ0v) is 25.5. The first kappa shape index (κ1) is 34.8. The Morgan fingerprint density at radius 2 is 1.93 bits per heavy atom. The second-order valence-electron chi connectivity index (χ2n) is 12.2. The summed E-state index contributed by atoms with van der Waals surface area (Å²) in [7, 11) is -1.14. The van der Waals surface area contributed by atoms with Gasteiger partial charge in [0.25, 0.3) is 0 Å². The fourth-order valence-corrected chi connectivity index (χ4v) is 5.74. The number of alkyl halides is 3. The Balaban J connectivity index is 1.34. The van der Waals surface area contributed by atoms with Crippen molar-refractivity contribution in [3.05, 3.63) is 59.2 Å². The fourth-order valence-electron chi connectivity index (χ4n) is 5.74. The fraction of sp³-hybridized carbons (Fsp3) is 0.533. The van der Waals surface area contributed by atoms with Crippen molar-refractivity contribution < 1.29 is 37.2 Å². The molecule has 2 aromatic rings. The molecule has 0 saturated carbocycles. The van der Waals surface area contributed by atoms with E-state index in [1.54, 1.807) is 23.1 Å². The van der Waals surface area contributed by atoms with E-state index in [1.807, 2.05) is 13.8 Å². The number of nitrogens with one attached hydrogen (secondary N) is 2. The second kappa shape index (κ2) is 14.6. The van der Waals surface area contributed by atoms with Crippen LogP contribution >= 0.6 is 0 Å². The molecule has 11 nitrogen and oxygen atoms in total. The van der Waals surface area contributed by atoms with Crippen molar-refractivity contribution in [2.75, 3.05) is 31.7 Å². The first-order chi connectivity index (χ1) is 21.2. The summed E-state index contributed by atoms with van der Waals surface area (Å²) in [4.78, 5) is 27.7. The van der Waals surface area contributed by atoms with Crippen molar-refractivity contribution in [3.8, 4) is 0 Å². The molecule has 0 aromatic heterocycles. The lowest BCUT2D eigenvalue weighted by atomic mass is 9.78. The summed E-state index contributed by atoms with van der Waals surface area (Å²) in [6.07, 6.45) is -3.14. The Hall–Kier alpha value is -3.05. The molecule has 0 unspecified atom stereocenters. The second-order valence-corrected chi connectivity index (χ2v) is 12.2. The van der Waals surface area contributed by atoms with Gasteiger partial charge in [0.15, 0.2) is 0 Å². The third-order valence-electron chi connectivity index (χ3n) is 8.21. The SMILES string of the molecule is CC1(C)OB(O)c2cc(NC(=O)[C@@H](Cc3ccc(C(F)(F)F)cc3)NCOC[C@@H](N)CCC(=O)N3C[C@@H](N)C[C@H]3CN)ccc21. The minimum absolute atomic E-state index is 0.0607. The van der Waals surface area contributed by atoms with E-state index in [0.717, 1.165) is 17.7 Å². The number of hydrogen-bond donors (Lipinski definition) is 6. The molecule has 0 spiro atoms. The molecular formula is C30H42BF3N6O5. The van der Waals surface area contributed by atoms with E-state index < -0.39 is 42.5 Å². The number of benzene rings is 2. The molecule has 2 aliphatic rings. The summed E-state index contributed by atoms with van der Waals surface area (Å²) >= 11 is 0. The summed E-state index contributed by atoms with van der Waals surface area (Å²) < 4.78 is 50.4. The Morgan fingerprint density at radius 1 is 1.22 bits per heavy atom. The van der Waals surface area contributed by atoms with Gasteiger partial charge in [0.2, 0.25) is 11.8 Å². The van der Waals surface area contributed by atoms with Gasteiger partial charge in [-0.25, -0.2) is 0 Å². The van der Waals surface area contributed by atoms with Gasteiger partial charge < -0.3 is 41.8 Å². The zero-order valence-electron chi connectivity index (χ0n) is 25.5. The molecule has 2 aliphatic heterocycles. The number of hydrogen-bond acceptors (Lipinski definition) is 9. The minimum Gasteiger partial charge on any atom is -0.423 e. The predicted octanol–water partition coefficient (Wildman–Crippen LogP) is 0.766. The lowest BCUT2D eigenvalue weighted by molar-refractivity contribution is -0.137. The van der Waals surface area contributed by atoms with Crippen molar-refractivity contribution in [2.45, 2.75) is 75.5 Å². The predicted molar refractivity (Wildman–Crippen MR) is 164 cm³/mol. The molecule has 15 heteroatoms. The summed E-state index contributed by atoms with van der Waals surface area (Å²) in [6.45, 7) is 4.50. The van der Waals surface area contributed by atoms with Gasteiger partial charge in [0, 0.05) is 43.3 Å². The Labute approximate surface area is 261 Å². The van der Waals surface area contributed by atoms with Crippen LogP contribution in [0.1, 0.15) is 49.8 Å². The van der Waals surface area contributed by atoms with Crippen LogP contribution in [0.25, 0.3) is 0 Å². The minimum atomic E-state index is -4.48. The van der Waals surface area contributed by atoms with Crippen molar-refractivity contribution in [1.82, 2.24) is 10.2 Å². The molecular weight excluding hydrogens is 592 g/mol. The normalized spacial score (nSPS) is 20.6. The van der Waals surface area contributed by atoms with Gasteiger partial charge in [-0.3, -0.25) is 14.9 Å². The van der Waals surface area contributed by atoms with Crippen LogP contribution in [-0.2, 0) is 37.2 Å². The van der Waals surface area contributed by atoms with E-state index in [1.165, 1.54) is 12.1 Å². The van der Waals surface area contributed by atoms with Crippen LogP contribution in [0.15, 0.2) is 42.5 Å². The number of nitrogens with two attached hydrogens (primary N) is 3. The van der Waals surface area contributed by atoms with E-state index >= 15 is 0 Å². The van der Waals surface area contributed by atoms with Gasteiger partial charge in [-0.1, -0.05) is 18.2 Å². The van der Waals surface area contributed by atoms with Crippen molar-refractivity contribution in [2.24, 2.45) is 17.2 Å². The lowest BCUT2D eigenvalue weighted by Gasteiger charge is -2.24. The zero-order chi connectivity index (χ0) is 32.9. The summed E-state index contributed by atoms with van der Waals surface area (Å²) in [6, 6.07) is 8.18. The van der Waals surface area contributed by atoms with E-state index in [2.05, 4.69) is 10.6 Å². The van der Waals surface area contributed by atoms with Crippen LogP contribution in [0.3, 0.4) is 0 Å². The largest absolute Gasteiger partial charge is 0.492 e. The molecule has 45 heavy (non-hydrogen) atoms. The number of carbonyl (C=O) groups is 2. The van der Waals surface area contributed by atoms with Gasteiger partial charge >= 0.3 is 13.3 Å². The van der Waals surface area contributed by atoms with Crippen LogP contribution in [0.5, 0.6) is 0 Å². The summed E-state index contributed by atoms with van der Waals surface area (Å²) in [5.41, 5.74) is 18.7. The number of ether oxygens (including phenoxy) is 1. The number of anilines is 1. The molecule has 1 saturated heterocycles. The molecule has 2 amide bonds. The molecule has 0 bridgehead atoms. The first-order valence-electron chi connectivity index (χ1n) is 15.0. The maximum atomic E-state index is 13.4. The summed E-state index contributed by atoms with van der Waals surface area (Å²) in [5.74, 6) is -0.520. The number of nitrogens with zero attached hydrogens (tertiary/aromatic N) is 1. The molecule has 4 atom stereocenters. The molecule has 9 N–H and O–H groups in total. The number of carbonyl (C=O) groups excluding carboxylic acids is 2. The number of halogens is 3. The van der Waals surface area contributed by atoms with Gasteiger partial charge in [-0.15, -0.1) is 0 Å². The van der Waals surface area contributed by atoms with Gasteiger partial charge in [0.1, 0.15) is 0 Å². The number of amides is 2. The Morgan fingerprint density at radius 3 is 2.60 bits per heavy atom. The van der Waals surface area contributed by atoms with E-state index in [-0.39, 0.29) is 44.2 Å². The molecule has 0 aliphatic carbocycles. The van der Waals surface area contributed by atoms with E-state index in [9.17, 15) is 27.8 Å². The van der Waals surface area contributed by atoms with Crippen molar-refractivity contribution in [3.63, 3.8) is 0 Å². The average Bonchev–Trinajstić information content (AvgIpc) is 3.47. The third kappa shape index (κ3) is 9.03. The number of rotatable bonds is 13. The van der Waals surface area contributed by atoms with Gasteiger partial charge in [0.05, 0.1) is 30.5 Å². The van der Waals surface area contributed by atoms with Crippen LogP contribution in [-0.4, -0.2) is 79.5 Å². The molecule has 1 fully saturated rings. The topological polar surface area (TPSA) is 178 Å². The summed E-state index contributed by atoms with van der Waals surface area (Å²) in [5, 5.41) is 16.1. The quantitative estimate of drug-likeness (QED) is 0.106. The molecule has 0 radical (unpaired) electrons. The van der Waals surface area contributed by atoms with Crippen LogP contribution in [0, 0.1) is 0 Å². The molecule has 2 heterocycles. The van der Waals surface area contributed by atoms with Crippen LogP contribution < -0.4 is 33.3 Å². The smallest absolute Gasteiger partial charge is 0.423 e. The van der Waals surface area contributed by atoms with Crippen molar-refractivity contribution in [1.29, 1.82) is 0 Å². The van der Waals surface area contributed by atoms with Crippen LogP contribution in [0.2, 0.25) is 0 Å². The maximum absolute atomic E-state index is 13.4. The lowest BCUT2D eigenvalue weighted by Crippen LogP contribution is -2.44. The average molecular weight is 635 g/mol. The third-order valence-corrected chi connectivity index (χ3v) is 8.21. The van der Waals surface area contributed by atoms with Gasteiger partial charge in [-0.2, -0.15) is 13.2 Å². The maximum Gasteiger partial charge on any atom is 0.492 e. The highest BCUT2D eigenvalue weighted by atomic mass is 19.4. The monoisotopic (exact) mass is 634 g/mol.